The maximum Gasteiger partial charge on any atom is 0.472 e. The molecule has 0 radical (unpaired) electrons. The lowest BCUT2D eigenvalue weighted by Gasteiger charge is -2.21. The third kappa shape index (κ3) is 96.9. The zero-order chi connectivity index (χ0) is 89.3. The van der Waals surface area contributed by atoms with Crippen molar-refractivity contribution in [2.45, 2.75) is 411 Å². The monoisotopic (exact) mass is 1760 g/mol. The fourth-order valence-corrected chi connectivity index (χ4v) is 14.6. The van der Waals surface area contributed by atoms with Crippen LogP contribution in [-0.4, -0.2) is 95.9 Å². The zero-order valence-corrected chi connectivity index (χ0v) is 79.3. The van der Waals surface area contributed by atoms with Gasteiger partial charge in [-0.3, -0.25) is 32.5 Å². The number of aliphatic hydroxyl groups excluding tert-OH is 2. The van der Waals surface area contributed by atoms with Gasteiger partial charge in [-0.15, -0.1) is 0 Å². The molecule has 0 aliphatic carbocycles. The van der Waals surface area contributed by atoms with Crippen molar-refractivity contribution in [3.05, 3.63) is 194 Å². The standard InChI is InChI=1S/C105H176O16P2/c1-4-7-10-13-16-19-22-25-28-31-34-37-40-43-45-46-47-48-49-50-51-52-54-57-58-61-64-67-70-73-76-79-82-85-88-91-103(108)115-94-100(106)95-117-122(111,112)118-96-101(107)97-119-123(113,114)120-99-102(121-105(110)93-90-87-84-81-78-75-72-69-66-63-60-55-42-39-36-33-30-27-24-21-18-15-12-9-6-3)98-116-104(109)92-89-86-83-80-77-74-71-68-65-62-59-56-53-44-41-38-35-32-29-26-23-20-17-14-11-8-5-2/h7-8,10-11,16-21,25-30,34-39,43-45,47-48,53,55,59-60,62,100-102,106-107H,4-6,9,12-15,22-24,31-33,40-42,46,49-52,54,56-58,61,63-99H2,1-3H3,(H,111,112)(H,113,114)/b10-7-,11-8-,19-16-,20-17-,21-18-,28-25-,29-26-,30-27-,37-34-,38-35-,39-36-,45-43-,48-47-,53-44-,60-55-,62-59-. The van der Waals surface area contributed by atoms with Crippen molar-refractivity contribution >= 4 is 33.6 Å². The molecule has 702 valence electrons. The predicted molar refractivity (Wildman–Crippen MR) is 518 cm³/mol. The largest absolute Gasteiger partial charge is 0.472 e. The van der Waals surface area contributed by atoms with Crippen LogP contribution in [0.3, 0.4) is 0 Å². The van der Waals surface area contributed by atoms with Gasteiger partial charge in [0, 0.05) is 19.3 Å². The van der Waals surface area contributed by atoms with Gasteiger partial charge in [0.2, 0.25) is 0 Å². The number of hydrogen-bond donors (Lipinski definition) is 4. The van der Waals surface area contributed by atoms with Gasteiger partial charge in [-0.05, 0) is 167 Å². The molecule has 4 N–H and O–H groups in total. The number of esters is 3. The molecule has 0 heterocycles. The first-order valence-electron chi connectivity index (χ1n) is 48.7. The summed E-state index contributed by atoms with van der Waals surface area (Å²) in [6.07, 6.45) is 128. The van der Waals surface area contributed by atoms with E-state index in [4.69, 9.17) is 32.3 Å². The van der Waals surface area contributed by atoms with Gasteiger partial charge in [0.05, 0.1) is 26.4 Å². The summed E-state index contributed by atoms with van der Waals surface area (Å²) in [5.74, 6) is -1.59. The molecule has 5 atom stereocenters. The van der Waals surface area contributed by atoms with E-state index in [0.29, 0.717) is 19.3 Å². The number of phosphoric acid groups is 2. The van der Waals surface area contributed by atoms with Gasteiger partial charge in [0.15, 0.2) is 6.10 Å². The molecule has 0 aliphatic rings. The molecule has 0 saturated heterocycles. The third-order valence-electron chi connectivity index (χ3n) is 20.3. The van der Waals surface area contributed by atoms with Crippen LogP contribution in [0, 0.1) is 0 Å². The maximum atomic E-state index is 13.1. The highest BCUT2D eigenvalue weighted by atomic mass is 31.2. The lowest BCUT2D eigenvalue weighted by Crippen LogP contribution is -2.30. The molecule has 5 unspecified atom stereocenters. The van der Waals surface area contributed by atoms with Gasteiger partial charge in [-0.25, -0.2) is 9.13 Å². The molecule has 16 nitrogen and oxygen atoms in total. The van der Waals surface area contributed by atoms with Crippen LogP contribution in [0.1, 0.15) is 393 Å². The van der Waals surface area contributed by atoms with Crippen LogP contribution in [0.15, 0.2) is 194 Å². The summed E-state index contributed by atoms with van der Waals surface area (Å²) < 4.78 is 61.6. The van der Waals surface area contributed by atoms with E-state index in [-0.39, 0.29) is 19.3 Å². The number of unbranched alkanes of at least 4 members (excludes halogenated alkanes) is 36. The molecule has 0 spiro atoms. The molecule has 0 aliphatic heterocycles. The fraction of sp³-hybridized carbons (Fsp3) is 0.667. The molecule has 0 aromatic heterocycles. The molecule has 123 heavy (non-hydrogen) atoms. The molecule has 0 bridgehead atoms. The summed E-state index contributed by atoms with van der Waals surface area (Å²) in [5.41, 5.74) is 0. The van der Waals surface area contributed by atoms with Gasteiger partial charge in [0.25, 0.3) is 0 Å². The highest BCUT2D eigenvalue weighted by molar-refractivity contribution is 7.47. The Balaban J connectivity index is 4.60. The Hall–Kier alpha value is -5.61. The summed E-state index contributed by atoms with van der Waals surface area (Å²) in [5, 5.41) is 20.8. The zero-order valence-electron chi connectivity index (χ0n) is 77.5. The predicted octanol–water partition coefficient (Wildman–Crippen LogP) is 30.6. The summed E-state index contributed by atoms with van der Waals surface area (Å²) in [6, 6.07) is 0. The van der Waals surface area contributed by atoms with E-state index in [1.54, 1.807) is 0 Å². The number of carbonyl (C=O) groups excluding carboxylic acids is 3. The van der Waals surface area contributed by atoms with E-state index >= 15 is 0 Å². The van der Waals surface area contributed by atoms with Crippen LogP contribution in [0.2, 0.25) is 0 Å². The molecule has 18 heteroatoms. The third-order valence-corrected chi connectivity index (χ3v) is 22.2. The van der Waals surface area contributed by atoms with E-state index in [9.17, 15) is 43.5 Å². The Labute approximate surface area is 750 Å². The minimum absolute atomic E-state index is 0.0899. The molecule has 0 rings (SSSR count). The fourth-order valence-electron chi connectivity index (χ4n) is 13.0. The van der Waals surface area contributed by atoms with Gasteiger partial charge < -0.3 is 34.2 Å². The molecular formula is C105H176O16P2. The lowest BCUT2D eigenvalue weighted by molar-refractivity contribution is -0.161. The first kappa shape index (κ1) is 117. The minimum atomic E-state index is -4.95. The van der Waals surface area contributed by atoms with E-state index in [2.05, 4.69) is 215 Å². The molecule has 0 saturated carbocycles. The average Bonchev–Trinajstić information content (AvgIpc) is 0.898. The van der Waals surface area contributed by atoms with Gasteiger partial charge in [-0.1, -0.05) is 401 Å². The number of allylic oxidation sites excluding steroid dienone is 32. The number of hydrogen-bond acceptors (Lipinski definition) is 14. The van der Waals surface area contributed by atoms with Crippen LogP contribution < -0.4 is 0 Å². The quantitative estimate of drug-likeness (QED) is 0.0146. The van der Waals surface area contributed by atoms with Crippen molar-refractivity contribution in [1.29, 1.82) is 0 Å². The second-order valence-electron chi connectivity index (χ2n) is 32.1. The van der Waals surface area contributed by atoms with Crippen molar-refractivity contribution in [2.24, 2.45) is 0 Å². The van der Waals surface area contributed by atoms with Crippen molar-refractivity contribution in [3.8, 4) is 0 Å². The summed E-state index contributed by atoms with van der Waals surface area (Å²) in [6.45, 7) is 2.45. The Bertz CT molecular complexity index is 3020. The number of phosphoric ester groups is 2. The first-order valence-corrected chi connectivity index (χ1v) is 51.7. The van der Waals surface area contributed by atoms with E-state index in [1.165, 1.54) is 141 Å². The molecule has 0 aromatic rings. The second-order valence-corrected chi connectivity index (χ2v) is 35.0. The highest BCUT2D eigenvalue weighted by Gasteiger charge is 2.30. The van der Waals surface area contributed by atoms with Crippen LogP contribution in [0.25, 0.3) is 0 Å². The van der Waals surface area contributed by atoms with Crippen LogP contribution in [-0.2, 0) is 55.8 Å². The van der Waals surface area contributed by atoms with Crippen LogP contribution >= 0.6 is 15.6 Å². The van der Waals surface area contributed by atoms with Crippen molar-refractivity contribution in [1.82, 2.24) is 0 Å². The molecule has 0 amide bonds. The van der Waals surface area contributed by atoms with Crippen LogP contribution in [0.4, 0.5) is 0 Å². The van der Waals surface area contributed by atoms with E-state index in [1.807, 2.05) is 0 Å². The molecule has 0 aromatic carbocycles. The number of carbonyl (C=O) groups is 3. The maximum absolute atomic E-state index is 13.1. The lowest BCUT2D eigenvalue weighted by atomic mass is 10.0. The van der Waals surface area contributed by atoms with E-state index < -0.39 is 91.5 Å². The Morgan fingerprint density at radius 2 is 0.431 bits per heavy atom. The highest BCUT2D eigenvalue weighted by Crippen LogP contribution is 2.45. The Morgan fingerprint density at radius 3 is 0.683 bits per heavy atom. The smallest absolute Gasteiger partial charge is 0.463 e. The van der Waals surface area contributed by atoms with Gasteiger partial charge in [-0.2, -0.15) is 0 Å². The average molecular weight is 1760 g/mol. The van der Waals surface area contributed by atoms with Gasteiger partial charge >= 0.3 is 33.6 Å². The summed E-state index contributed by atoms with van der Waals surface area (Å²) in [7, 11) is -9.82. The number of aliphatic hydroxyl groups is 2. The van der Waals surface area contributed by atoms with Crippen molar-refractivity contribution in [3.63, 3.8) is 0 Å². The van der Waals surface area contributed by atoms with E-state index in [0.717, 1.165) is 193 Å². The van der Waals surface area contributed by atoms with Crippen molar-refractivity contribution in [2.75, 3.05) is 39.6 Å². The Kier molecular flexibility index (Phi) is 91.1. The molecule has 0 fully saturated rings. The first-order chi connectivity index (χ1) is 60.2. The summed E-state index contributed by atoms with van der Waals surface area (Å²) in [4.78, 5) is 59.1. The van der Waals surface area contributed by atoms with Gasteiger partial charge in [0.1, 0.15) is 25.4 Å². The summed E-state index contributed by atoms with van der Waals surface area (Å²) >= 11 is 0. The van der Waals surface area contributed by atoms with Crippen molar-refractivity contribution < 1.29 is 75.8 Å². The second kappa shape index (κ2) is 95.5. The van der Waals surface area contributed by atoms with Crippen LogP contribution in [0.5, 0.6) is 0 Å². The molecular weight excluding hydrogens is 1580 g/mol. The normalized spacial score (nSPS) is 14.6. The topological polar surface area (TPSA) is 231 Å². The number of ether oxygens (including phenoxy) is 3. The minimum Gasteiger partial charge on any atom is -0.463 e. The Morgan fingerprint density at radius 1 is 0.236 bits per heavy atom. The SMILES string of the molecule is CC/C=C\C/C=C\C/C=C\C/C=C\C/C=C\C/C=C\CCCCCCCCCCCCCCCCCCC(=O)OCC(O)COP(=O)(O)OCC(O)COP(=O)(O)OCC(COC(=O)CCCCCCCCCC/C=C\C/C=C\C/C=C\C/C=C\C/C=C\C/C=C\CC)OC(=O)CCCCCCCCCCC/C=C\C/C=C\C/C=C\C/C=C\CCCCC. The number of rotatable bonds is 91.